The smallest absolute Gasteiger partial charge is 0.277 e. The molecule has 1 amide bonds. The maximum Gasteiger partial charge on any atom is 0.283 e. The van der Waals surface area contributed by atoms with Gasteiger partial charge in [-0.3, -0.25) is 9.89 Å². The molecule has 0 aliphatic carbocycles. The summed E-state index contributed by atoms with van der Waals surface area (Å²) >= 11 is 14.6. The van der Waals surface area contributed by atoms with Gasteiger partial charge in [-0.2, -0.15) is 10.2 Å². The maximum atomic E-state index is 12.5. The number of rotatable bonds is 4. The highest BCUT2D eigenvalue weighted by Gasteiger charge is 2.18. The van der Waals surface area contributed by atoms with Crippen LogP contribution in [0, 0.1) is 0 Å². The molecule has 0 bridgehead atoms. The largest absolute Gasteiger partial charge is 0.283 e. The number of carbonyl (C=O) groups excluding carboxylic acids is 1. The van der Waals surface area contributed by atoms with Gasteiger partial charge in [0.15, 0.2) is 0 Å². The monoisotopic (exact) mass is 536 g/mol. The number of carbonyl (C=O) groups is 1. The number of fused-ring (bicyclic) bond motifs is 1. The molecule has 28 heavy (non-hydrogen) atoms. The molecule has 4 aromatic rings. The minimum absolute atomic E-state index is 0.358. The highest BCUT2D eigenvalue weighted by atomic mass is 79.9. The molecule has 0 aliphatic rings. The third-order valence-electron chi connectivity index (χ3n) is 3.98. The van der Waals surface area contributed by atoms with E-state index < -0.39 is 0 Å². The number of aromatic amines is 1. The predicted molar refractivity (Wildman–Crippen MR) is 121 cm³/mol. The molecule has 9 heteroatoms. The molecular weight excluding hydrogens is 528 g/mol. The maximum absolute atomic E-state index is 12.5. The van der Waals surface area contributed by atoms with Crippen LogP contribution in [0.2, 0.25) is 5.02 Å². The Morgan fingerprint density at radius 2 is 2.00 bits per heavy atom. The molecule has 5 nitrogen and oxygen atoms in total. The number of nitrogens with one attached hydrogen (secondary N) is 2. The average Bonchev–Trinajstić information content (AvgIpc) is 3.28. The van der Waals surface area contributed by atoms with Crippen LogP contribution in [0.3, 0.4) is 0 Å². The van der Waals surface area contributed by atoms with E-state index in [0.717, 1.165) is 35.9 Å². The second-order valence-corrected chi connectivity index (χ2v) is 8.96. The van der Waals surface area contributed by atoms with Crippen LogP contribution in [0.25, 0.3) is 21.3 Å². The van der Waals surface area contributed by atoms with Crippen LogP contribution in [-0.4, -0.2) is 22.3 Å². The Morgan fingerprint density at radius 3 is 2.75 bits per heavy atom. The fourth-order valence-electron chi connectivity index (χ4n) is 2.67. The number of halogens is 3. The van der Waals surface area contributed by atoms with E-state index in [1.807, 2.05) is 42.5 Å². The van der Waals surface area contributed by atoms with Crippen LogP contribution in [0.4, 0.5) is 0 Å². The third kappa shape index (κ3) is 3.77. The fraction of sp³-hybridized carbons (Fsp3) is 0. The number of hydrogen-bond donors (Lipinski definition) is 2. The van der Waals surface area contributed by atoms with Gasteiger partial charge < -0.3 is 0 Å². The summed E-state index contributed by atoms with van der Waals surface area (Å²) < 4.78 is 2.78. The first-order chi connectivity index (χ1) is 13.5. The second kappa shape index (κ2) is 8.16. The van der Waals surface area contributed by atoms with Gasteiger partial charge in [-0.15, -0.1) is 11.3 Å². The normalized spacial score (nSPS) is 11.4. The molecule has 0 saturated carbocycles. The number of hydrogen-bond acceptors (Lipinski definition) is 4. The number of nitrogens with zero attached hydrogens (tertiary/aromatic N) is 2. The number of aromatic nitrogens is 2. The molecule has 0 saturated heterocycles. The first kappa shape index (κ1) is 19.3. The van der Waals surface area contributed by atoms with Gasteiger partial charge in [0.25, 0.3) is 5.91 Å². The number of H-pyrrole nitrogens is 1. The Kier molecular flexibility index (Phi) is 5.63. The van der Waals surface area contributed by atoms with Crippen LogP contribution in [-0.2, 0) is 0 Å². The van der Waals surface area contributed by atoms with Gasteiger partial charge >= 0.3 is 0 Å². The van der Waals surface area contributed by atoms with E-state index in [0.29, 0.717) is 9.90 Å². The van der Waals surface area contributed by atoms with Gasteiger partial charge in [0.1, 0.15) is 4.88 Å². The van der Waals surface area contributed by atoms with E-state index in [1.165, 1.54) is 11.3 Å². The van der Waals surface area contributed by atoms with Crippen molar-refractivity contribution in [1.82, 2.24) is 15.6 Å². The Morgan fingerprint density at radius 1 is 1.21 bits per heavy atom. The molecule has 0 unspecified atom stereocenters. The lowest BCUT2D eigenvalue weighted by Gasteiger charge is -2.00. The van der Waals surface area contributed by atoms with Gasteiger partial charge in [-0.05, 0) is 24.3 Å². The highest BCUT2D eigenvalue weighted by molar-refractivity contribution is 9.11. The Labute approximate surface area is 186 Å². The summed E-state index contributed by atoms with van der Waals surface area (Å²) in [7, 11) is 0. The molecule has 0 radical (unpaired) electrons. The van der Waals surface area contributed by atoms with Gasteiger partial charge in [-0.1, -0.05) is 61.7 Å². The van der Waals surface area contributed by atoms with Crippen LogP contribution in [0.1, 0.15) is 15.2 Å². The van der Waals surface area contributed by atoms with Crippen LogP contribution < -0.4 is 5.43 Å². The molecule has 2 aromatic heterocycles. The number of benzene rings is 2. The molecule has 0 atom stereocenters. The van der Waals surface area contributed by atoms with Crippen molar-refractivity contribution in [1.29, 1.82) is 0 Å². The molecule has 140 valence electrons. The summed E-state index contributed by atoms with van der Waals surface area (Å²) in [5.74, 6) is -0.358. The second-order valence-electron chi connectivity index (χ2n) is 5.76. The van der Waals surface area contributed by atoms with E-state index in [4.69, 9.17) is 11.6 Å². The minimum atomic E-state index is -0.358. The quantitative estimate of drug-likeness (QED) is 0.239. The van der Waals surface area contributed by atoms with Crippen molar-refractivity contribution < 1.29 is 4.79 Å². The lowest BCUT2D eigenvalue weighted by atomic mass is 10.1. The molecule has 2 N–H and O–H groups in total. The van der Waals surface area contributed by atoms with Crippen LogP contribution in [0.5, 0.6) is 0 Å². The van der Waals surface area contributed by atoms with Crippen molar-refractivity contribution in [3.63, 3.8) is 0 Å². The number of thiophene rings is 1. The van der Waals surface area contributed by atoms with Crippen molar-refractivity contribution in [3.05, 3.63) is 73.1 Å². The summed E-state index contributed by atoms with van der Waals surface area (Å²) in [6.45, 7) is 0. The zero-order chi connectivity index (χ0) is 19.7. The molecule has 0 spiro atoms. The summed E-state index contributed by atoms with van der Waals surface area (Å²) in [5.41, 5.74) is 5.07. The van der Waals surface area contributed by atoms with Crippen LogP contribution >= 0.6 is 54.8 Å². The predicted octanol–water partition coefficient (Wildman–Crippen LogP) is 6.23. The van der Waals surface area contributed by atoms with E-state index >= 15 is 0 Å². The van der Waals surface area contributed by atoms with E-state index in [1.54, 1.807) is 12.4 Å². The molecule has 4 rings (SSSR count). The zero-order valence-corrected chi connectivity index (χ0v) is 18.8. The lowest BCUT2D eigenvalue weighted by Crippen LogP contribution is -2.16. The van der Waals surface area contributed by atoms with Gasteiger partial charge in [0.2, 0.25) is 0 Å². The standard InChI is InChI=1S/C19H11Br2ClN4OS/c20-12-6-4-10(5-7-12)17-11(8-23-25-17)9-24-26-19(27)18-16(22)15-13(21)2-1-3-14(15)28-18/h1-9H,(H,23,25)(H,26,27). The van der Waals surface area contributed by atoms with Gasteiger partial charge in [0.05, 0.1) is 23.1 Å². The highest BCUT2D eigenvalue weighted by Crippen LogP contribution is 2.39. The summed E-state index contributed by atoms with van der Waals surface area (Å²) in [4.78, 5) is 12.9. The summed E-state index contributed by atoms with van der Waals surface area (Å²) in [5, 5.41) is 12.3. The van der Waals surface area contributed by atoms with Crippen molar-refractivity contribution in [2.24, 2.45) is 5.10 Å². The zero-order valence-electron chi connectivity index (χ0n) is 14.0. The summed E-state index contributed by atoms with van der Waals surface area (Å²) in [6.07, 6.45) is 3.20. The Balaban J connectivity index is 1.54. The lowest BCUT2D eigenvalue weighted by molar-refractivity contribution is 0.0959. The van der Waals surface area contributed by atoms with Gasteiger partial charge in [-0.25, -0.2) is 5.43 Å². The first-order valence-electron chi connectivity index (χ1n) is 8.04. The van der Waals surface area contributed by atoms with Crippen molar-refractivity contribution in [2.45, 2.75) is 0 Å². The van der Waals surface area contributed by atoms with E-state index in [9.17, 15) is 4.79 Å². The molecule has 0 aliphatic heterocycles. The van der Waals surface area contributed by atoms with Crippen molar-refractivity contribution in [3.8, 4) is 11.3 Å². The summed E-state index contributed by atoms with van der Waals surface area (Å²) in [6, 6.07) is 13.5. The average molecular weight is 539 g/mol. The number of amides is 1. The van der Waals surface area contributed by atoms with Gasteiger partial charge in [0, 0.05) is 30.2 Å². The molecule has 2 heterocycles. The SMILES string of the molecule is O=C(NN=Cc1cn[nH]c1-c1ccc(Br)cc1)c1sc2cccc(Br)c2c1Cl. The Bertz CT molecular complexity index is 1200. The topological polar surface area (TPSA) is 70.1 Å². The number of hydrazone groups is 1. The minimum Gasteiger partial charge on any atom is -0.277 e. The van der Waals surface area contributed by atoms with Crippen LogP contribution in [0.15, 0.2) is 62.7 Å². The Hall–Kier alpha value is -2.00. The third-order valence-corrected chi connectivity index (χ3v) is 6.82. The van der Waals surface area contributed by atoms with Crippen molar-refractivity contribution >= 4 is 77.0 Å². The molecule has 0 fully saturated rings. The molecule has 2 aromatic carbocycles. The van der Waals surface area contributed by atoms with E-state index in [2.05, 4.69) is 52.6 Å². The van der Waals surface area contributed by atoms with E-state index in [-0.39, 0.29) is 5.91 Å². The van der Waals surface area contributed by atoms with Crippen molar-refractivity contribution in [2.75, 3.05) is 0 Å². The fourth-order valence-corrected chi connectivity index (χ4v) is 5.21. The first-order valence-corrected chi connectivity index (χ1v) is 10.8. The molecular formula is C19H11Br2ClN4OS.